The van der Waals surface area contributed by atoms with Crippen LogP contribution >= 0.6 is 0 Å². The van der Waals surface area contributed by atoms with E-state index in [0.717, 1.165) is 16.9 Å². The second kappa shape index (κ2) is 3.48. The van der Waals surface area contributed by atoms with Crippen molar-refractivity contribution in [1.82, 2.24) is 0 Å². The van der Waals surface area contributed by atoms with Crippen molar-refractivity contribution >= 4 is 11.4 Å². The smallest absolute Gasteiger partial charge is 0.0346 e. The van der Waals surface area contributed by atoms with Gasteiger partial charge in [-0.15, -0.1) is 0 Å². The molecule has 0 heterocycles. The van der Waals surface area contributed by atoms with Gasteiger partial charge in [0.15, 0.2) is 0 Å². The van der Waals surface area contributed by atoms with Crippen molar-refractivity contribution in [3.05, 3.63) is 23.8 Å². The van der Waals surface area contributed by atoms with Gasteiger partial charge in [0, 0.05) is 17.4 Å². The fraction of sp³-hybridized carbons (Fsp3) is 0.400. The van der Waals surface area contributed by atoms with E-state index in [1.165, 1.54) is 0 Å². The van der Waals surface area contributed by atoms with E-state index in [2.05, 4.69) is 25.2 Å². The molecule has 0 saturated carbocycles. The van der Waals surface area contributed by atoms with Gasteiger partial charge in [-0.2, -0.15) is 0 Å². The molecule has 0 bridgehead atoms. The number of anilines is 2. The Balaban J connectivity index is 2.82. The fourth-order valence-corrected chi connectivity index (χ4v) is 1.10. The molecule has 1 rings (SSSR count). The Labute approximate surface area is 73.8 Å². The minimum absolute atomic E-state index is 0.466. The van der Waals surface area contributed by atoms with Crippen molar-refractivity contribution in [3.63, 3.8) is 0 Å². The molecule has 0 aliphatic carbocycles. The second-order valence-electron chi connectivity index (χ2n) is 3.37. The first-order chi connectivity index (χ1) is 5.59. The third-order valence-electron chi connectivity index (χ3n) is 1.73. The Kier molecular flexibility index (Phi) is 2.58. The predicted molar refractivity (Wildman–Crippen MR) is 54.4 cm³/mol. The maximum atomic E-state index is 5.69. The van der Waals surface area contributed by atoms with E-state index in [9.17, 15) is 0 Å². The van der Waals surface area contributed by atoms with Gasteiger partial charge in [0.25, 0.3) is 0 Å². The Hall–Kier alpha value is -1.18. The van der Waals surface area contributed by atoms with E-state index in [4.69, 9.17) is 5.73 Å². The molecule has 0 amide bonds. The zero-order valence-corrected chi connectivity index (χ0v) is 7.89. The highest BCUT2D eigenvalue weighted by Gasteiger charge is 1.97. The van der Waals surface area contributed by atoms with Crippen LogP contribution in [0.25, 0.3) is 0 Å². The fourth-order valence-electron chi connectivity index (χ4n) is 1.10. The summed E-state index contributed by atoms with van der Waals surface area (Å²) in [7, 11) is 0. The molecule has 0 spiro atoms. The first kappa shape index (κ1) is 8.91. The van der Waals surface area contributed by atoms with Crippen LogP contribution < -0.4 is 11.1 Å². The number of hydrogen-bond donors (Lipinski definition) is 2. The molecular weight excluding hydrogens is 148 g/mol. The summed E-state index contributed by atoms with van der Waals surface area (Å²) in [6.07, 6.45) is 0. The minimum atomic E-state index is 0.466. The Bertz CT molecular complexity index is 267. The molecule has 2 heteroatoms. The third kappa shape index (κ3) is 2.16. The second-order valence-corrected chi connectivity index (χ2v) is 3.37. The molecule has 0 aliphatic heterocycles. The number of benzene rings is 1. The highest BCUT2D eigenvalue weighted by Crippen LogP contribution is 2.16. The predicted octanol–water partition coefficient (Wildman–Crippen LogP) is 2.40. The molecule has 12 heavy (non-hydrogen) atoms. The van der Waals surface area contributed by atoms with Gasteiger partial charge in [-0.1, -0.05) is 0 Å². The standard InChI is InChI=1S/C10H16N2/c1-7(2)12-9-4-5-10(11)8(3)6-9/h4-7,12H,11H2,1-3H3. The molecule has 0 unspecified atom stereocenters. The van der Waals surface area contributed by atoms with E-state index in [1.807, 2.05) is 19.1 Å². The molecule has 0 aliphatic rings. The Morgan fingerprint density at radius 3 is 2.50 bits per heavy atom. The average Bonchev–Trinajstić information content (AvgIpc) is 1.96. The van der Waals surface area contributed by atoms with Gasteiger partial charge < -0.3 is 11.1 Å². The van der Waals surface area contributed by atoms with E-state index < -0.39 is 0 Å². The van der Waals surface area contributed by atoms with Crippen molar-refractivity contribution in [2.24, 2.45) is 0 Å². The lowest BCUT2D eigenvalue weighted by atomic mass is 10.2. The van der Waals surface area contributed by atoms with E-state index in [-0.39, 0.29) is 0 Å². The van der Waals surface area contributed by atoms with Crippen LogP contribution in [0.2, 0.25) is 0 Å². The Morgan fingerprint density at radius 2 is 2.00 bits per heavy atom. The van der Waals surface area contributed by atoms with E-state index in [0.29, 0.717) is 6.04 Å². The van der Waals surface area contributed by atoms with Crippen LogP contribution in [-0.2, 0) is 0 Å². The Morgan fingerprint density at radius 1 is 1.33 bits per heavy atom. The number of rotatable bonds is 2. The van der Waals surface area contributed by atoms with Crippen LogP contribution in [0, 0.1) is 6.92 Å². The van der Waals surface area contributed by atoms with Crippen molar-refractivity contribution < 1.29 is 0 Å². The van der Waals surface area contributed by atoms with Gasteiger partial charge in [-0.3, -0.25) is 0 Å². The zero-order valence-electron chi connectivity index (χ0n) is 7.89. The summed E-state index contributed by atoms with van der Waals surface area (Å²) >= 11 is 0. The van der Waals surface area contributed by atoms with Crippen LogP contribution in [0.15, 0.2) is 18.2 Å². The quantitative estimate of drug-likeness (QED) is 0.659. The first-order valence-electron chi connectivity index (χ1n) is 4.22. The number of hydrogen-bond acceptors (Lipinski definition) is 2. The zero-order chi connectivity index (χ0) is 9.14. The van der Waals surface area contributed by atoms with Crippen LogP contribution in [0.5, 0.6) is 0 Å². The summed E-state index contributed by atoms with van der Waals surface area (Å²) < 4.78 is 0. The summed E-state index contributed by atoms with van der Waals surface area (Å²) in [4.78, 5) is 0. The van der Waals surface area contributed by atoms with Crippen molar-refractivity contribution in [1.29, 1.82) is 0 Å². The maximum Gasteiger partial charge on any atom is 0.0346 e. The lowest BCUT2D eigenvalue weighted by molar-refractivity contribution is 0.899. The highest BCUT2D eigenvalue weighted by atomic mass is 14.9. The van der Waals surface area contributed by atoms with Gasteiger partial charge in [0.1, 0.15) is 0 Å². The van der Waals surface area contributed by atoms with Crippen LogP contribution in [-0.4, -0.2) is 6.04 Å². The molecular formula is C10H16N2. The number of nitrogens with one attached hydrogen (secondary N) is 1. The summed E-state index contributed by atoms with van der Waals surface area (Å²) in [6.45, 7) is 6.25. The number of nitrogen functional groups attached to an aromatic ring is 1. The minimum Gasteiger partial charge on any atom is -0.399 e. The maximum absolute atomic E-state index is 5.69. The monoisotopic (exact) mass is 164 g/mol. The van der Waals surface area contributed by atoms with Crippen LogP contribution in [0.4, 0.5) is 11.4 Å². The molecule has 0 aromatic heterocycles. The normalized spacial score (nSPS) is 10.3. The SMILES string of the molecule is Cc1cc(NC(C)C)ccc1N. The summed E-state index contributed by atoms with van der Waals surface area (Å²) in [5.41, 5.74) is 8.80. The van der Waals surface area contributed by atoms with Gasteiger partial charge in [-0.05, 0) is 44.5 Å². The summed E-state index contributed by atoms with van der Waals surface area (Å²) in [6, 6.07) is 6.46. The number of nitrogens with two attached hydrogens (primary N) is 1. The largest absolute Gasteiger partial charge is 0.399 e. The third-order valence-corrected chi connectivity index (χ3v) is 1.73. The van der Waals surface area contributed by atoms with Crippen LogP contribution in [0.3, 0.4) is 0 Å². The van der Waals surface area contributed by atoms with E-state index in [1.54, 1.807) is 0 Å². The molecule has 0 atom stereocenters. The van der Waals surface area contributed by atoms with Crippen molar-refractivity contribution in [2.75, 3.05) is 11.1 Å². The molecule has 3 N–H and O–H groups in total. The first-order valence-corrected chi connectivity index (χ1v) is 4.22. The molecule has 1 aromatic carbocycles. The molecule has 0 radical (unpaired) electrons. The number of aryl methyl sites for hydroxylation is 1. The summed E-state index contributed by atoms with van der Waals surface area (Å²) in [5, 5.41) is 3.32. The molecule has 66 valence electrons. The van der Waals surface area contributed by atoms with Crippen molar-refractivity contribution in [2.45, 2.75) is 26.8 Å². The van der Waals surface area contributed by atoms with Crippen LogP contribution in [0.1, 0.15) is 19.4 Å². The van der Waals surface area contributed by atoms with Gasteiger partial charge in [0.2, 0.25) is 0 Å². The van der Waals surface area contributed by atoms with Gasteiger partial charge >= 0.3 is 0 Å². The lowest BCUT2D eigenvalue weighted by Gasteiger charge is -2.11. The molecule has 2 nitrogen and oxygen atoms in total. The highest BCUT2D eigenvalue weighted by molar-refractivity contribution is 5.56. The topological polar surface area (TPSA) is 38.0 Å². The molecule has 0 saturated heterocycles. The molecule has 0 fully saturated rings. The van der Waals surface area contributed by atoms with Gasteiger partial charge in [0.05, 0.1) is 0 Å². The lowest BCUT2D eigenvalue weighted by Crippen LogP contribution is -2.09. The summed E-state index contributed by atoms with van der Waals surface area (Å²) in [5.74, 6) is 0. The molecule has 1 aromatic rings. The van der Waals surface area contributed by atoms with E-state index >= 15 is 0 Å². The van der Waals surface area contributed by atoms with Gasteiger partial charge in [-0.25, -0.2) is 0 Å². The van der Waals surface area contributed by atoms with Crippen molar-refractivity contribution in [3.8, 4) is 0 Å². The average molecular weight is 164 g/mol.